The van der Waals surface area contributed by atoms with Gasteiger partial charge in [0.25, 0.3) is 5.91 Å². The Bertz CT molecular complexity index is 1320. The summed E-state index contributed by atoms with van der Waals surface area (Å²) in [6, 6.07) is 12.8. The average molecular weight is 553 g/mol. The predicted octanol–water partition coefficient (Wildman–Crippen LogP) is 4.74. The zero-order valence-electron chi connectivity index (χ0n) is 24.0. The number of imidazole rings is 1. The van der Waals surface area contributed by atoms with Gasteiger partial charge < -0.3 is 36.1 Å². The Balaban J connectivity index is 1.61. The summed E-state index contributed by atoms with van der Waals surface area (Å²) in [5, 5.41) is 8.33. The first kappa shape index (κ1) is 30.3. The van der Waals surface area contributed by atoms with Gasteiger partial charge in [0.2, 0.25) is 0 Å². The third kappa shape index (κ3) is 9.79. The summed E-state index contributed by atoms with van der Waals surface area (Å²) in [5.74, 6) is -0.250. The number of anilines is 1. The maximum Gasteiger partial charge on any atom is 0.407 e. The van der Waals surface area contributed by atoms with Crippen molar-refractivity contribution in [1.82, 2.24) is 25.9 Å². The van der Waals surface area contributed by atoms with E-state index in [1.54, 1.807) is 41.5 Å². The van der Waals surface area contributed by atoms with Crippen molar-refractivity contribution in [2.24, 2.45) is 0 Å². The number of ether oxygens (including phenoxy) is 2. The monoisotopic (exact) mass is 552 g/mol. The minimum absolute atomic E-state index is 0.137. The lowest BCUT2D eigenvalue weighted by Gasteiger charge is -2.24. The molecule has 0 radical (unpaired) electrons. The van der Waals surface area contributed by atoms with Crippen LogP contribution < -0.4 is 21.7 Å². The fourth-order valence-corrected chi connectivity index (χ4v) is 3.82. The van der Waals surface area contributed by atoms with E-state index in [1.807, 2.05) is 42.5 Å². The maximum atomic E-state index is 12.9. The molecule has 0 fully saturated rings. The van der Waals surface area contributed by atoms with E-state index in [1.165, 1.54) is 0 Å². The number of H-pyrrole nitrogens is 1. The van der Waals surface area contributed by atoms with Crippen LogP contribution in [0.2, 0.25) is 0 Å². The summed E-state index contributed by atoms with van der Waals surface area (Å²) in [6.45, 7) is 11.2. The normalized spacial score (nSPS) is 12.4. The number of benzene rings is 2. The summed E-state index contributed by atoms with van der Waals surface area (Å²) in [7, 11) is 0. The molecule has 6 N–H and O–H groups in total. The van der Waals surface area contributed by atoms with E-state index in [4.69, 9.17) is 15.2 Å². The van der Waals surface area contributed by atoms with Gasteiger partial charge in [-0.2, -0.15) is 0 Å². The number of aromatic nitrogens is 2. The van der Waals surface area contributed by atoms with Crippen LogP contribution in [0, 0.1) is 0 Å². The number of nitrogen functional groups attached to an aromatic ring is 1. The largest absolute Gasteiger partial charge is 0.444 e. The van der Waals surface area contributed by atoms with Crippen molar-refractivity contribution in [3.8, 4) is 11.1 Å². The zero-order valence-corrected chi connectivity index (χ0v) is 24.0. The van der Waals surface area contributed by atoms with Crippen LogP contribution in [-0.4, -0.2) is 58.4 Å². The van der Waals surface area contributed by atoms with Gasteiger partial charge in [-0.3, -0.25) is 4.79 Å². The predicted molar refractivity (Wildman–Crippen MR) is 155 cm³/mol. The van der Waals surface area contributed by atoms with Crippen molar-refractivity contribution in [3.05, 3.63) is 48.3 Å². The molecule has 1 atom stereocenters. The molecule has 0 aliphatic carbocycles. The second-order valence-corrected chi connectivity index (χ2v) is 11.6. The average Bonchev–Trinajstić information content (AvgIpc) is 3.26. The Labute approximate surface area is 234 Å². The van der Waals surface area contributed by atoms with Gasteiger partial charge in [-0.15, -0.1) is 0 Å². The van der Waals surface area contributed by atoms with E-state index in [-0.39, 0.29) is 12.4 Å². The number of nitrogens with one attached hydrogen (secondary N) is 4. The van der Waals surface area contributed by atoms with Gasteiger partial charge in [-0.05, 0) is 89.8 Å². The zero-order chi connectivity index (χ0) is 29.5. The Kier molecular flexibility index (Phi) is 9.62. The fourth-order valence-electron chi connectivity index (χ4n) is 3.82. The molecule has 1 heterocycles. The topological polar surface area (TPSA) is 160 Å². The van der Waals surface area contributed by atoms with E-state index >= 15 is 0 Å². The van der Waals surface area contributed by atoms with Crippen LogP contribution >= 0.6 is 0 Å². The molecule has 0 bridgehead atoms. The van der Waals surface area contributed by atoms with E-state index < -0.39 is 35.3 Å². The summed E-state index contributed by atoms with van der Waals surface area (Å²) in [6.07, 6.45) is -0.0955. The Hall–Kier alpha value is -4.28. The van der Waals surface area contributed by atoms with Crippen molar-refractivity contribution in [1.29, 1.82) is 0 Å². The van der Waals surface area contributed by atoms with Gasteiger partial charge in [0.15, 0.2) is 5.82 Å². The van der Waals surface area contributed by atoms with Crippen molar-refractivity contribution in [2.45, 2.75) is 71.6 Å². The quantitative estimate of drug-likeness (QED) is 0.189. The van der Waals surface area contributed by atoms with Crippen LogP contribution in [0.5, 0.6) is 0 Å². The molecule has 11 nitrogen and oxygen atoms in total. The Morgan fingerprint density at radius 1 is 0.900 bits per heavy atom. The molecular weight excluding hydrogens is 512 g/mol. The number of nitrogens with zero attached hydrogens (tertiary/aromatic N) is 1. The molecule has 0 spiro atoms. The number of nitrogens with two attached hydrogens (primary N) is 1. The molecule has 11 heteroatoms. The van der Waals surface area contributed by atoms with Gasteiger partial charge in [-0.1, -0.05) is 18.2 Å². The van der Waals surface area contributed by atoms with Crippen LogP contribution in [0.3, 0.4) is 0 Å². The SMILES string of the molecule is CC(C)(C)OC(=O)NCCC[C@@H](CNC(=O)c1nc2ccc(-c3ccc(N)cc3)cc2[nH]1)NC(=O)OC(C)(C)C. The highest BCUT2D eigenvalue weighted by Gasteiger charge is 2.21. The molecule has 216 valence electrons. The van der Waals surface area contributed by atoms with Crippen molar-refractivity contribution in [2.75, 3.05) is 18.8 Å². The van der Waals surface area contributed by atoms with Gasteiger partial charge in [0.05, 0.1) is 11.0 Å². The van der Waals surface area contributed by atoms with Gasteiger partial charge in [0, 0.05) is 24.8 Å². The first-order chi connectivity index (χ1) is 18.7. The smallest absolute Gasteiger partial charge is 0.407 e. The van der Waals surface area contributed by atoms with E-state index in [0.717, 1.165) is 16.6 Å². The molecule has 2 aromatic carbocycles. The van der Waals surface area contributed by atoms with Crippen LogP contribution in [0.15, 0.2) is 42.5 Å². The molecule has 0 aliphatic rings. The molecule has 0 aliphatic heterocycles. The number of alkyl carbamates (subject to hydrolysis) is 2. The number of carbonyl (C=O) groups excluding carboxylic acids is 3. The number of aromatic amines is 1. The lowest BCUT2D eigenvalue weighted by Crippen LogP contribution is -2.46. The molecular formula is C29H40N6O5. The van der Waals surface area contributed by atoms with E-state index in [9.17, 15) is 14.4 Å². The highest BCUT2D eigenvalue weighted by molar-refractivity contribution is 5.95. The van der Waals surface area contributed by atoms with Crippen molar-refractivity contribution >= 4 is 34.8 Å². The third-order valence-corrected chi connectivity index (χ3v) is 5.57. The van der Waals surface area contributed by atoms with Gasteiger partial charge in [-0.25, -0.2) is 14.6 Å². The lowest BCUT2D eigenvalue weighted by atomic mass is 10.0. The summed E-state index contributed by atoms with van der Waals surface area (Å²) >= 11 is 0. The number of amides is 3. The molecule has 0 saturated carbocycles. The Morgan fingerprint density at radius 3 is 2.17 bits per heavy atom. The van der Waals surface area contributed by atoms with Crippen LogP contribution in [-0.2, 0) is 9.47 Å². The Morgan fingerprint density at radius 2 is 1.52 bits per heavy atom. The minimum Gasteiger partial charge on any atom is -0.444 e. The van der Waals surface area contributed by atoms with Gasteiger partial charge >= 0.3 is 12.2 Å². The number of fused-ring (bicyclic) bond motifs is 1. The number of hydrogen-bond acceptors (Lipinski definition) is 7. The molecule has 0 saturated heterocycles. The van der Waals surface area contributed by atoms with E-state index in [0.29, 0.717) is 30.6 Å². The van der Waals surface area contributed by atoms with Crippen molar-refractivity contribution in [3.63, 3.8) is 0 Å². The molecule has 40 heavy (non-hydrogen) atoms. The highest BCUT2D eigenvalue weighted by atomic mass is 16.6. The molecule has 0 unspecified atom stereocenters. The minimum atomic E-state index is -0.671. The second kappa shape index (κ2) is 12.7. The molecule has 3 amide bonds. The summed E-state index contributed by atoms with van der Waals surface area (Å²) in [4.78, 5) is 44.7. The molecule has 3 aromatic rings. The number of carbonyl (C=O) groups is 3. The van der Waals surface area contributed by atoms with E-state index in [2.05, 4.69) is 25.9 Å². The summed E-state index contributed by atoms with van der Waals surface area (Å²) < 4.78 is 10.6. The van der Waals surface area contributed by atoms with Crippen LogP contribution in [0.1, 0.15) is 65.0 Å². The highest BCUT2D eigenvalue weighted by Crippen LogP contribution is 2.24. The number of hydrogen-bond donors (Lipinski definition) is 5. The second-order valence-electron chi connectivity index (χ2n) is 11.6. The first-order valence-electron chi connectivity index (χ1n) is 13.3. The molecule has 3 rings (SSSR count). The molecule has 1 aromatic heterocycles. The lowest BCUT2D eigenvalue weighted by molar-refractivity contribution is 0.0487. The first-order valence-corrected chi connectivity index (χ1v) is 13.3. The fraction of sp³-hybridized carbons (Fsp3) is 0.448. The standard InChI is InChI=1S/C29H40N6O5/c1-28(2,3)39-26(37)31-15-7-8-21(33-27(38)40-29(4,5)6)17-32-25(36)24-34-22-14-11-19(16-23(22)35-24)18-9-12-20(30)13-10-18/h9-14,16,21H,7-8,15,17,30H2,1-6H3,(H,31,37)(H,32,36)(H,33,38)(H,34,35)/t21-/m0/s1. The maximum absolute atomic E-state index is 12.9. The number of rotatable bonds is 9. The van der Waals surface area contributed by atoms with Crippen LogP contribution in [0.25, 0.3) is 22.2 Å². The van der Waals surface area contributed by atoms with Crippen LogP contribution in [0.4, 0.5) is 15.3 Å². The van der Waals surface area contributed by atoms with Gasteiger partial charge in [0.1, 0.15) is 11.2 Å². The third-order valence-electron chi connectivity index (χ3n) is 5.57. The van der Waals surface area contributed by atoms with Crippen molar-refractivity contribution < 1.29 is 23.9 Å². The summed E-state index contributed by atoms with van der Waals surface area (Å²) in [5.41, 5.74) is 8.54.